The third-order valence-electron chi connectivity index (χ3n) is 6.35. The normalized spacial score (nSPS) is 16.9. The Balaban J connectivity index is 1.50. The van der Waals surface area contributed by atoms with Crippen LogP contribution in [-0.4, -0.2) is 5.97 Å². The number of carbonyl (C=O) groups excluding carboxylic acids is 1. The molecule has 0 saturated carbocycles. The van der Waals surface area contributed by atoms with Crippen LogP contribution in [0.4, 0.5) is 5.69 Å². The van der Waals surface area contributed by atoms with Crippen LogP contribution in [0.3, 0.4) is 0 Å². The average molecular weight is 478 g/mol. The van der Waals surface area contributed by atoms with E-state index >= 15 is 0 Å². The molecule has 0 radical (unpaired) electrons. The summed E-state index contributed by atoms with van der Waals surface area (Å²) < 4.78 is 24.3. The number of allylic oxidation sites excluding steroid dienone is 1. The van der Waals surface area contributed by atoms with Gasteiger partial charge in [0.25, 0.3) is 0 Å². The van der Waals surface area contributed by atoms with Crippen molar-refractivity contribution in [3.05, 3.63) is 125 Å². The summed E-state index contributed by atoms with van der Waals surface area (Å²) in [5, 5.41) is 0. The molecule has 0 aliphatic carbocycles. The molecule has 6 heteroatoms. The summed E-state index contributed by atoms with van der Waals surface area (Å²) in [6, 6.07) is 26.3. The van der Waals surface area contributed by atoms with Gasteiger partial charge in [0, 0.05) is 28.8 Å². The number of esters is 1. The lowest BCUT2D eigenvalue weighted by Gasteiger charge is -2.37. The summed E-state index contributed by atoms with van der Waals surface area (Å²) in [6.07, 6.45) is 0. The molecular weight excluding hydrogens is 454 g/mol. The second-order valence-electron chi connectivity index (χ2n) is 8.84. The summed E-state index contributed by atoms with van der Waals surface area (Å²) in [7, 11) is 0. The first-order valence-electron chi connectivity index (χ1n) is 11.5. The van der Waals surface area contributed by atoms with E-state index in [1.807, 2.05) is 66.7 Å². The molecule has 2 heterocycles. The van der Waals surface area contributed by atoms with Crippen LogP contribution in [0.25, 0.3) is 0 Å². The Kier molecular flexibility index (Phi) is 4.97. The Morgan fingerprint density at radius 3 is 2.47 bits per heavy atom. The predicted octanol–water partition coefficient (Wildman–Crippen LogP) is 6.33. The fourth-order valence-corrected chi connectivity index (χ4v) is 4.80. The number of benzene rings is 4. The smallest absolute Gasteiger partial charge is 0.340 e. The molecule has 178 valence electrons. The largest absolute Gasteiger partial charge is 0.489 e. The fraction of sp³-hybridized carbons (Fsp3) is 0.100. The highest BCUT2D eigenvalue weighted by molar-refractivity contribution is 5.97. The number of nitrogens with two attached hydrogens (primary N) is 1. The molecule has 6 rings (SSSR count). The van der Waals surface area contributed by atoms with Crippen molar-refractivity contribution >= 4 is 11.7 Å². The molecule has 4 aromatic rings. The van der Waals surface area contributed by atoms with E-state index < -0.39 is 11.6 Å². The van der Waals surface area contributed by atoms with Crippen LogP contribution in [0, 0.1) is 0 Å². The van der Waals surface area contributed by atoms with E-state index in [4.69, 9.17) is 24.7 Å². The third-order valence-corrected chi connectivity index (χ3v) is 6.35. The highest BCUT2D eigenvalue weighted by Gasteiger charge is 2.53. The summed E-state index contributed by atoms with van der Waals surface area (Å²) >= 11 is 0. The molecule has 6 nitrogen and oxygen atoms in total. The molecule has 36 heavy (non-hydrogen) atoms. The number of hydrogen-bond donors (Lipinski definition) is 1. The van der Waals surface area contributed by atoms with Gasteiger partial charge in [0.05, 0.1) is 17.0 Å². The molecular formula is C30H23NO5. The van der Waals surface area contributed by atoms with E-state index in [1.165, 1.54) is 0 Å². The van der Waals surface area contributed by atoms with Crippen LogP contribution < -0.4 is 19.9 Å². The number of nitrogen functional groups attached to an aromatic ring is 1. The Morgan fingerprint density at radius 2 is 1.67 bits per heavy atom. The fourth-order valence-electron chi connectivity index (χ4n) is 4.80. The minimum atomic E-state index is -1.22. The van der Waals surface area contributed by atoms with Crippen molar-refractivity contribution in [2.24, 2.45) is 0 Å². The van der Waals surface area contributed by atoms with Gasteiger partial charge < -0.3 is 24.7 Å². The lowest BCUT2D eigenvalue weighted by molar-refractivity contribution is 0.0224. The molecule has 0 saturated heterocycles. The first-order chi connectivity index (χ1) is 17.5. The lowest BCUT2D eigenvalue weighted by Crippen LogP contribution is -2.33. The molecule has 1 unspecified atom stereocenters. The van der Waals surface area contributed by atoms with Gasteiger partial charge in [-0.25, -0.2) is 4.79 Å². The van der Waals surface area contributed by atoms with Gasteiger partial charge in [0.1, 0.15) is 23.9 Å². The molecule has 0 amide bonds. The van der Waals surface area contributed by atoms with E-state index in [2.05, 4.69) is 6.58 Å². The summed E-state index contributed by atoms with van der Waals surface area (Å²) in [5.74, 6) is 2.11. The predicted molar refractivity (Wildman–Crippen MR) is 135 cm³/mol. The van der Waals surface area contributed by atoms with Gasteiger partial charge in [-0.15, -0.1) is 0 Å². The van der Waals surface area contributed by atoms with Gasteiger partial charge in [0.15, 0.2) is 11.4 Å². The van der Waals surface area contributed by atoms with Gasteiger partial charge >= 0.3 is 5.97 Å². The minimum Gasteiger partial charge on any atom is -0.489 e. The molecule has 0 fully saturated rings. The quantitative estimate of drug-likeness (QED) is 0.206. The van der Waals surface area contributed by atoms with Crippen molar-refractivity contribution in [2.45, 2.75) is 19.1 Å². The van der Waals surface area contributed by atoms with Crippen LogP contribution in [0.5, 0.6) is 23.0 Å². The maximum Gasteiger partial charge on any atom is 0.340 e. The highest BCUT2D eigenvalue weighted by Crippen LogP contribution is 2.57. The van der Waals surface area contributed by atoms with Crippen LogP contribution in [0.15, 0.2) is 97.3 Å². The molecule has 0 aromatic heterocycles. The van der Waals surface area contributed by atoms with E-state index in [1.54, 1.807) is 25.1 Å². The molecule has 1 spiro atoms. The second-order valence-corrected chi connectivity index (χ2v) is 8.84. The number of anilines is 1. The Labute approximate surface area is 208 Å². The summed E-state index contributed by atoms with van der Waals surface area (Å²) in [6.45, 7) is 5.95. The number of rotatable bonds is 5. The average Bonchev–Trinajstić information content (AvgIpc) is 3.17. The standard InChI is InChI=1S/C30H23NO5/c1-18(2)34-28-16-27-24(15-25(28)31)30(22-11-7-6-10-21(22)29(32)36-30)23-13-12-20(14-26(23)35-27)33-17-19-8-4-3-5-9-19/h3-16H,1,17,31H2,2H3. The first-order valence-corrected chi connectivity index (χ1v) is 11.5. The molecule has 2 aliphatic heterocycles. The zero-order valence-electron chi connectivity index (χ0n) is 19.6. The van der Waals surface area contributed by atoms with Crippen LogP contribution in [-0.2, 0) is 16.9 Å². The van der Waals surface area contributed by atoms with E-state index in [0.717, 1.165) is 11.1 Å². The molecule has 2 N–H and O–H groups in total. The lowest BCUT2D eigenvalue weighted by atomic mass is 9.77. The van der Waals surface area contributed by atoms with E-state index in [0.29, 0.717) is 57.7 Å². The van der Waals surface area contributed by atoms with E-state index in [-0.39, 0.29) is 0 Å². The molecule has 0 bridgehead atoms. The number of fused-ring (bicyclic) bond motifs is 6. The van der Waals surface area contributed by atoms with Crippen molar-refractivity contribution < 1.29 is 23.7 Å². The first kappa shape index (κ1) is 21.8. The number of carbonyl (C=O) groups is 1. The third kappa shape index (κ3) is 3.38. The number of ether oxygens (including phenoxy) is 4. The second kappa shape index (κ2) is 8.20. The zero-order chi connectivity index (χ0) is 24.9. The van der Waals surface area contributed by atoms with Gasteiger partial charge in [-0.05, 0) is 36.8 Å². The summed E-state index contributed by atoms with van der Waals surface area (Å²) in [4.78, 5) is 13.0. The van der Waals surface area contributed by atoms with Gasteiger partial charge in [0.2, 0.25) is 0 Å². The SMILES string of the molecule is C=C(C)Oc1cc2c(cc1N)C1(OC(=O)c3ccccc31)c1ccc(OCc3ccccc3)cc1O2. The van der Waals surface area contributed by atoms with Crippen molar-refractivity contribution in [3.8, 4) is 23.0 Å². The molecule has 1 atom stereocenters. The van der Waals surface area contributed by atoms with Crippen molar-refractivity contribution in [1.82, 2.24) is 0 Å². The monoisotopic (exact) mass is 477 g/mol. The maximum absolute atomic E-state index is 13.0. The van der Waals surface area contributed by atoms with Crippen molar-refractivity contribution in [2.75, 3.05) is 5.73 Å². The van der Waals surface area contributed by atoms with E-state index in [9.17, 15) is 4.79 Å². The topological polar surface area (TPSA) is 80.0 Å². The Hall–Kier alpha value is -4.71. The van der Waals surface area contributed by atoms with Crippen LogP contribution in [0.2, 0.25) is 0 Å². The Bertz CT molecular complexity index is 1530. The van der Waals surface area contributed by atoms with Crippen molar-refractivity contribution in [3.63, 3.8) is 0 Å². The van der Waals surface area contributed by atoms with Crippen LogP contribution >= 0.6 is 0 Å². The van der Waals surface area contributed by atoms with Crippen molar-refractivity contribution in [1.29, 1.82) is 0 Å². The summed E-state index contributed by atoms with van der Waals surface area (Å²) in [5.41, 5.74) is 9.11. The van der Waals surface area contributed by atoms with Gasteiger partial charge in [-0.3, -0.25) is 0 Å². The molecule has 4 aromatic carbocycles. The minimum absolute atomic E-state index is 0.381. The zero-order valence-corrected chi connectivity index (χ0v) is 19.6. The van der Waals surface area contributed by atoms with Gasteiger partial charge in [-0.2, -0.15) is 0 Å². The van der Waals surface area contributed by atoms with Crippen LogP contribution in [0.1, 0.15) is 39.5 Å². The van der Waals surface area contributed by atoms with Gasteiger partial charge in [-0.1, -0.05) is 55.1 Å². The highest BCUT2D eigenvalue weighted by atomic mass is 16.6. The Morgan fingerprint density at radius 1 is 0.917 bits per heavy atom. The maximum atomic E-state index is 13.0. The number of hydrogen-bond acceptors (Lipinski definition) is 6. The molecule has 2 aliphatic rings.